The van der Waals surface area contributed by atoms with Crippen LogP contribution >= 0.6 is 0 Å². The predicted molar refractivity (Wildman–Crippen MR) is 112 cm³/mol. The molecule has 1 fully saturated rings. The van der Waals surface area contributed by atoms with E-state index in [1.807, 2.05) is 28.0 Å². The Balaban J connectivity index is 1.27. The first-order chi connectivity index (χ1) is 14.1. The lowest BCUT2D eigenvalue weighted by atomic mass is 9.99. The molecule has 0 spiro atoms. The van der Waals surface area contributed by atoms with E-state index in [9.17, 15) is 14.3 Å². The number of piperazine rings is 1. The number of phenols is 1. The number of hydrogen-bond donors (Lipinski definition) is 1. The van der Waals surface area contributed by atoms with Crippen molar-refractivity contribution in [2.75, 3.05) is 50.7 Å². The number of nitrogens with zero attached hydrogens (tertiary/aromatic N) is 3. The Morgan fingerprint density at radius 3 is 2.34 bits per heavy atom. The normalized spacial score (nSPS) is 17.9. The fourth-order valence-corrected chi connectivity index (χ4v) is 3.99. The SMILES string of the molecule is O=C(CN1CC=C(c2ccc(O)cc2)CC1)N1CCN(c2ccccc2F)CC1. The molecule has 0 saturated carbocycles. The Kier molecular flexibility index (Phi) is 5.81. The number of para-hydroxylation sites is 1. The van der Waals surface area contributed by atoms with Gasteiger partial charge in [0.05, 0.1) is 12.2 Å². The molecule has 2 aromatic rings. The van der Waals surface area contributed by atoms with Gasteiger partial charge in [-0.3, -0.25) is 9.69 Å². The summed E-state index contributed by atoms with van der Waals surface area (Å²) in [5.41, 5.74) is 2.99. The first-order valence-electron chi connectivity index (χ1n) is 10.1. The Bertz CT molecular complexity index is 889. The Hall–Kier alpha value is -2.86. The summed E-state index contributed by atoms with van der Waals surface area (Å²) in [4.78, 5) is 18.8. The third-order valence-electron chi connectivity index (χ3n) is 5.72. The summed E-state index contributed by atoms with van der Waals surface area (Å²) in [6.45, 7) is 4.55. The lowest BCUT2D eigenvalue weighted by Gasteiger charge is -2.37. The number of phenolic OH excluding ortho intramolecular Hbond substituents is 1. The number of carbonyl (C=O) groups excluding carboxylic acids is 1. The zero-order valence-corrected chi connectivity index (χ0v) is 16.4. The molecule has 1 saturated heterocycles. The molecule has 5 nitrogen and oxygen atoms in total. The minimum absolute atomic E-state index is 0.139. The summed E-state index contributed by atoms with van der Waals surface area (Å²) in [7, 11) is 0. The molecule has 1 amide bonds. The molecule has 0 bridgehead atoms. The topological polar surface area (TPSA) is 47.0 Å². The van der Waals surface area contributed by atoms with Crippen molar-refractivity contribution in [2.24, 2.45) is 0 Å². The number of anilines is 1. The Morgan fingerprint density at radius 1 is 0.966 bits per heavy atom. The van der Waals surface area contributed by atoms with Crippen molar-refractivity contribution in [3.63, 3.8) is 0 Å². The van der Waals surface area contributed by atoms with Crippen LogP contribution in [0.4, 0.5) is 10.1 Å². The van der Waals surface area contributed by atoms with E-state index in [0.29, 0.717) is 38.4 Å². The smallest absolute Gasteiger partial charge is 0.236 e. The van der Waals surface area contributed by atoms with E-state index < -0.39 is 0 Å². The fraction of sp³-hybridized carbons (Fsp3) is 0.348. The van der Waals surface area contributed by atoms with Gasteiger partial charge in [-0.15, -0.1) is 0 Å². The van der Waals surface area contributed by atoms with Gasteiger partial charge in [0.25, 0.3) is 0 Å². The first-order valence-corrected chi connectivity index (χ1v) is 10.1. The van der Waals surface area contributed by atoms with E-state index in [-0.39, 0.29) is 17.5 Å². The van der Waals surface area contributed by atoms with Crippen molar-refractivity contribution < 1.29 is 14.3 Å². The van der Waals surface area contributed by atoms with Crippen molar-refractivity contribution >= 4 is 17.2 Å². The molecular formula is C23H26FN3O2. The highest BCUT2D eigenvalue weighted by molar-refractivity contribution is 5.79. The number of aromatic hydroxyl groups is 1. The number of carbonyl (C=O) groups is 1. The van der Waals surface area contributed by atoms with E-state index in [4.69, 9.17) is 0 Å². The van der Waals surface area contributed by atoms with Crippen LogP contribution in [0, 0.1) is 5.82 Å². The molecule has 0 unspecified atom stereocenters. The molecule has 4 rings (SSSR count). The lowest BCUT2D eigenvalue weighted by Crippen LogP contribution is -2.51. The summed E-state index contributed by atoms with van der Waals surface area (Å²) >= 11 is 0. The van der Waals surface area contributed by atoms with Gasteiger partial charge >= 0.3 is 0 Å². The van der Waals surface area contributed by atoms with Crippen molar-refractivity contribution in [1.29, 1.82) is 0 Å². The quantitative estimate of drug-likeness (QED) is 0.865. The maximum Gasteiger partial charge on any atom is 0.236 e. The summed E-state index contributed by atoms with van der Waals surface area (Å²) in [5, 5.41) is 9.42. The molecule has 0 radical (unpaired) electrons. The van der Waals surface area contributed by atoms with Crippen LogP contribution in [-0.2, 0) is 4.79 Å². The van der Waals surface area contributed by atoms with Gasteiger partial charge in [-0.2, -0.15) is 0 Å². The second-order valence-electron chi connectivity index (χ2n) is 7.58. The minimum atomic E-state index is -0.211. The minimum Gasteiger partial charge on any atom is -0.508 e. The van der Waals surface area contributed by atoms with Gasteiger partial charge in [0.1, 0.15) is 11.6 Å². The average Bonchev–Trinajstić information content (AvgIpc) is 2.75. The number of halogens is 1. The average molecular weight is 395 g/mol. The monoisotopic (exact) mass is 395 g/mol. The Morgan fingerprint density at radius 2 is 1.69 bits per heavy atom. The highest BCUT2D eigenvalue weighted by atomic mass is 19.1. The van der Waals surface area contributed by atoms with Crippen molar-refractivity contribution in [3.05, 3.63) is 66.0 Å². The first kappa shape index (κ1) is 19.5. The third-order valence-corrected chi connectivity index (χ3v) is 5.72. The largest absolute Gasteiger partial charge is 0.508 e. The molecule has 2 heterocycles. The predicted octanol–water partition coefficient (Wildman–Crippen LogP) is 2.97. The van der Waals surface area contributed by atoms with Crippen LogP contribution in [-0.4, -0.2) is 66.6 Å². The van der Waals surface area contributed by atoms with Gasteiger partial charge in [0.2, 0.25) is 5.91 Å². The van der Waals surface area contributed by atoms with E-state index >= 15 is 0 Å². The molecule has 2 aliphatic rings. The van der Waals surface area contributed by atoms with Crippen LogP contribution in [0.3, 0.4) is 0 Å². The molecule has 0 aromatic heterocycles. The number of rotatable bonds is 4. The third kappa shape index (κ3) is 4.59. The standard InChI is InChI=1S/C23H26FN3O2/c24-21-3-1-2-4-22(21)26-13-15-27(16-14-26)23(29)17-25-11-9-19(10-12-25)18-5-7-20(28)8-6-18/h1-9,28H,10-17H2. The van der Waals surface area contributed by atoms with Gasteiger partial charge in [-0.25, -0.2) is 4.39 Å². The number of amides is 1. The summed E-state index contributed by atoms with van der Waals surface area (Å²) in [6, 6.07) is 14.1. The van der Waals surface area contributed by atoms with E-state index in [0.717, 1.165) is 25.1 Å². The molecule has 152 valence electrons. The zero-order valence-electron chi connectivity index (χ0n) is 16.4. The van der Waals surface area contributed by atoms with Gasteiger partial charge < -0.3 is 14.9 Å². The van der Waals surface area contributed by atoms with Gasteiger partial charge in [0.15, 0.2) is 0 Å². The molecule has 1 N–H and O–H groups in total. The summed E-state index contributed by atoms with van der Waals surface area (Å²) in [6.07, 6.45) is 3.05. The van der Waals surface area contributed by atoms with Gasteiger partial charge in [0, 0.05) is 39.3 Å². The highest BCUT2D eigenvalue weighted by Gasteiger charge is 2.24. The summed E-state index contributed by atoms with van der Waals surface area (Å²) in [5.74, 6) is 0.198. The second-order valence-corrected chi connectivity index (χ2v) is 7.58. The molecule has 0 atom stereocenters. The summed E-state index contributed by atoms with van der Waals surface area (Å²) < 4.78 is 14.0. The van der Waals surface area contributed by atoms with Crippen LogP contribution in [0.25, 0.3) is 5.57 Å². The fourth-order valence-electron chi connectivity index (χ4n) is 3.99. The van der Waals surface area contributed by atoms with Gasteiger partial charge in [-0.1, -0.05) is 30.3 Å². The van der Waals surface area contributed by atoms with E-state index in [1.54, 1.807) is 24.3 Å². The van der Waals surface area contributed by atoms with Crippen molar-refractivity contribution in [1.82, 2.24) is 9.80 Å². The lowest BCUT2D eigenvalue weighted by molar-refractivity contribution is -0.132. The second kappa shape index (κ2) is 8.66. The maximum absolute atomic E-state index is 14.0. The zero-order chi connectivity index (χ0) is 20.2. The number of hydrogen-bond acceptors (Lipinski definition) is 4. The molecule has 0 aliphatic carbocycles. The molecule has 6 heteroatoms. The van der Waals surface area contributed by atoms with Crippen molar-refractivity contribution in [2.45, 2.75) is 6.42 Å². The molecular weight excluding hydrogens is 369 g/mol. The number of benzene rings is 2. The van der Waals surface area contributed by atoms with Crippen LogP contribution < -0.4 is 4.90 Å². The van der Waals surface area contributed by atoms with Crippen LogP contribution in [0.2, 0.25) is 0 Å². The molecule has 2 aromatic carbocycles. The Labute approximate surface area is 170 Å². The van der Waals surface area contributed by atoms with Crippen LogP contribution in [0.5, 0.6) is 5.75 Å². The maximum atomic E-state index is 14.0. The molecule has 2 aliphatic heterocycles. The van der Waals surface area contributed by atoms with Crippen LogP contribution in [0.15, 0.2) is 54.6 Å². The van der Waals surface area contributed by atoms with Crippen LogP contribution in [0.1, 0.15) is 12.0 Å². The van der Waals surface area contributed by atoms with Crippen molar-refractivity contribution in [3.8, 4) is 5.75 Å². The van der Waals surface area contributed by atoms with E-state index in [2.05, 4.69) is 11.0 Å². The van der Waals surface area contributed by atoms with Gasteiger partial charge in [-0.05, 0) is 41.8 Å². The highest BCUT2D eigenvalue weighted by Crippen LogP contribution is 2.24. The molecule has 29 heavy (non-hydrogen) atoms. The van der Waals surface area contributed by atoms with E-state index in [1.165, 1.54) is 11.6 Å².